The van der Waals surface area contributed by atoms with E-state index in [1.165, 1.54) is 0 Å². The van der Waals surface area contributed by atoms with Crippen LogP contribution < -0.4 is 5.32 Å². The van der Waals surface area contributed by atoms with E-state index in [4.69, 9.17) is 14.3 Å². The molecule has 12 heteroatoms. The van der Waals surface area contributed by atoms with E-state index in [9.17, 15) is 13.4 Å². The number of nitrogens with zero attached hydrogens (tertiary/aromatic N) is 3. The normalized spacial score (nSPS) is 25.3. The summed E-state index contributed by atoms with van der Waals surface area (Å²) < 4.78 is 39.8. The first-order valence-electron chi connectivity index (χ1n) is 11.1. The van der Waals surface area contributed by atoms with Crippen molar-refractivity contribution in [1.29, 1.82) is 0 Å². The van der Waals surface area contributed by atoms with Crippen LogP contribution in [0.25, 0.3) is 0 Å². The van der Waals surface area contributed by atoms with E-state index >= 15 is 0 Å². The Morgan fingerprint density at radius 3 is 2.82 bits per heavy atom. The summed E-state index contributed by atoms with van der Waals surface area (Å²) >= 11 is 0.718. The lowest BCUT2D eigenvalue weighted by molar-refractivity contribution is -0.110. The Kier molecular flexibility index (Phi) is 6.76. The number of oxime groups is 1. The van der Waals surface area contributed by atoms with E-state index in [0.29, 0.717) is 43.2 Å². The number of carbonyl (C=O) groups is 1. The van der Waals surface area contributed by atoms with E-state index in [2.05, 4.69) is 15.5 Å². The molecule has 9 nitrogen and oxygen atoms in total. The highest BCUT2D eigenvalue weighted by Gasteiger charge is 2.50. The zero-order valence-corrected chi connectivity index (χ0v) is 20.2. The Bertz CT molecular complexity index is 1100. The third-order valence-electron chi connectivity index (χ3n) is 5.84. The molecular weight excluding hydrogens is 483 g/mol. The Balaban J connectivity index is 1.33. The number of ether oxygens (including phenoxy) is 2. The number of hydrogen-bond donors (Lipinski definition) is 1. The third kappa shape index (κ3) is 5.36. The van der Waals surface area contributed by atoms with Crippen molar-refractivity contribution in [1.82, 2.24) is 9.29 Å². The Morgan fingerprint density at radius 2 is 2.18 bits per heavy atom. The highest BCUT2D eigenvalue weighted by molar-refractivity contribution is 7.82. The van der Waals surface area contributed by atoms with Gasteiger partial charge in [0.15, 0.2) is 22.1 Å². The largest absolute Gasteiger partial charge is 0.389 e. The van der Waals surface area contributed by atoms with Crippen molar-refractivity contribution < 1.29 is 27.7 Å². The van der Waals surface area contributed by atoms with Crippen molar-refractivity contribution in [3.05, 3.63) is 41.2 Å². The summed E-state index contributed by atoms with van der Waals surface area (Å²) in [6.07, 6.45) is 3.47. The van der Waals surface area contributed by atoms with Crippen molar-refractivity contribution in [2.24, 2.45) is 5.16 Å². The number of carbonyl (C=O) groups excluding carboxylic acids is 1. The molecule has 1 aromatic heterocycles. The number of morpholine rings is 1. The molecule has 2 saturated heterocycles. The first-order chi connectivity index (χ1) is 16.4. The van der Waals surface area contributed by atoms with Crippen molar-refractivity contribution in [3.63, 3.8) is 0 Å². The van der Waals surface area contributed by atoms with Crippen molar-refractivity contribution in [2.45, 2.75) is 48.9 Å². The van der Waals surface area contributed by atoms with Gasteiger partial charge < -0.3 is 14.3 Å². The molecule has 2 aliphatic heterocycles. The number of anilines is 1. The van der Waals surface area contributed by atoms with Gasteiger partial charge in [-0.15, -0.1) is 0 Å². The first kappa shape index (κ1) is 23.5. The van der Waals surface area contributed by atoms with Crippen LogP contribution in [0.3, 0.4) is 0 Å². The number of amides is 1. The number of benzene rings is 1. The van der Waals surface area contributed by atoms with E-state index in [1.54, 1.807) is 24.3 Å². The zero-order valence-electron chi connectivity index (χ0n) is 18.6. The minimum absolute atomic E-state index is 0.0109. The molecule has 5 rings (SSSR count). The van der Waals surface area contributed by atoms with Crippen LogP contribution >= 0.6 is 11.3 Å². The molecule has 1 aromatic carbocycles. The summed E-state index contributed by atoms with van der Waals surface area (Å²) in [4.78, 5) is 22.9. The smallest absolute Gasteiger partial charge is 0.280 e. The predicted molar refractivity (Wildman–Crippen MR) is 124 cm³/mol. The summed E-state index contributed by atoms with van der Waals surface area (Å²) in [6.45, 7) is 4.20. The molecule has 1 unspecified atom stereocenters. The van der Waals surface area contributed by atoms with Crippen LogP contribution in [0.1, 0.15) is 31.7 Å². The van der Waals surface area contributed by atoms with Crippen LogP contribution in [0.5, 0.6) is 0 Å². The monoisotopic (exact) mass is 508 g/mol. The highest BCUT2D eigenvalue weighted by atomic mass is 32.2. The first-order valence-corrected chi connectivity index (χ1v) is 13.0. The SMILES string of the molecule is C[C@@H]1CN(S(=O)c2ccc(/C(=N\O[C@@H]3CCOC3)C(=O)Nc3ncc(F)s3)cc2)CC2(CC2)O1. The minimum atomic E-state index is -1.35. The summed E-state index contributed by atoms with van der Waals surface area (Å²) in [5.74, 6) is -0.584. The molecular formula is C22H25FN4O5S2. The Labute approximate surface area is 202 Å². The maximum absolute atomic E-state index is 13.3. The van der Waals surface area contributed by atoms with E-state index < -0.39 is 22.0 Å². The van der Waals surface area contributed by atoms with Crippen LogP contribution in [0.2, 0.25) is 0 Å². The van der Waals surface area contributed by atoms with Crippen molar-refractivity contribution in [2.75, 3.05) is 31.6 Å². The average Bonchev–Trinajstić information content (AvgIpc) is 3.18. The Hall–Kier alpha value is -2.25. The number of aromatic nitrogens is 1. The van der Waals surface area contributed by atoms with E-state index in [1.807, 2.05) is 11.2 Å². The molecule has 0 bridgehead atoms. The van der Waals surface area contributed by atoms with Gasteiger partial charge in [-0.3, -0.25) is 10.1 Å². The van der Waals surface area contributed by atoms with Gasteiger partial charge in [0.2, 0.25) is 0 Å². The summed E-state index contributed by atoms with van der Waals surface area (Å²) in [6, 6.07) is 6.80. The molecule has 3 aliphatic rings. The van der Waals surface area contributed by atoms with Gasteiger partial charge in [-0.2, -0.15) is 4.39 Å². The highest BCUT2D eigenvalue weighted by Crippen LogP contribution is 2.44. The second kappa shape index (κ2) is 9.78. The molecule has 1 saturated carbocycles. The molecule has 0 radical (unpaired) electrons. The number of hydrogen-bond acceptors (Lipinski definition) is 8. The lowest BCUT2D eigenvalue weighted by Gasteiger charge is -2.36. The van der Waals surface area contributed by atoms with Crippen LogP contribution in [0, 0.1) is 5.13 Å². The molecule has 3 fully saturated rings. The molecule has 182 valence electrons. The number of thiazole rings is 1. The molecule has 1 amide bonds. The molecule has 1 aliphatic carbocycles. The standard InChI is InChI=1S/C22H25FN4O5S2/c1-14-11-27(13-22(31-14)7-8-22)34(29)17-4-2-15(3-5-17)19(26-32-16-6-9-30-12-16)20(28)25-21-24-10-18(23)33-21/h2-5,10,14,16H,6-9,11-13H2,1H3,(H,24,25,28)/b26-19+/t14-,16-,34?/m1/s1. The zero-order chi connectivity index (χ0) is 23.7. The third-order valence-corrected chi connectivity index (χ3v) is 7.97. The molecule has 2 aromatic rings. The second-order valence-electron chi connectivity index (χ2n) is 8.66. The average molecular weight is 509 g/mol. The second-order valence-corrected chi connectivity index (χ2v) is 11.1. The fourth-order valence-corrected chi connectivity index (χ4v) is 5.92. The van der Waals surface area contributed by atoms with Crippen LogP contribution in [0.4, 0.5) is 9.52 Å². The predicted octanol–water partition coefficient (Wildman–Crippen LogP) is 2.71. The van der Waals surface area contributed by atoms with E-state index in [-0.39, 0.29) is 28.7 Å². The van der Waals surface area contributed by atoms with Gasteiger partial charge in [-0.1, -0.05) is 28.6 Å². The van der Waals surface area contributed by atoms with Crippen molar-refractivity contribution >= 4 is 39.1 Å². The summed E-state index contributed by atoms with van der Waals surface area (Å²) in [7, 11) is -1.35. The van der Waals surface area contributed by atoms with Gasteiger partial charge >= 0.3 is 0 Å². The lowest BCUT2D eigenvalue weighted by Crippen LogP contribution is -2.48. The number of nitrogens with one attached hydrogen (secondary N) is 1. The molecule has 1 spiro atoms. The summed E-state index contributed by atoms with van der Waals surface area (Å²) in [5.41, 5.74) is 0.335. The van der Waals surface area contributed by atoms with Crippen LogP contribution in [-0.4, -0.2) is 69.2 Å². The molecule has 34 heavy (non-hydrogen) atoms. The van der Waals surface area contributed by atoms with Crippen LogP contribution in [-0.2, 0) is 30.1 Å². The summed E-state index contributed by atoms with van der Waals surface area (Å²) in [5, 5.41) is 6.25. The fraction of sp³-hybridized carbons (Fsp3) is 0.500. The molecule has 3 heterocycles. The maximum atomic E-state index is 13.3. The number of rotatable bonds is 7. The number of halogens is 1. The van der Waals surface area contributed by atoms with Gasteiger partial charge in [-0.05, 0) is 31.9 Å². The molecule has 1 N–H and O–H groups in total. The fourth-order valence-electron chi connectivity index (χ4n) is 4.01. The minimum Gasteiger partial charge on any atom is -0.389 e. The lowest BCUT2D eigenvalue weighted by atomic mass is 10.1. The maximum Gasteiger partial charge on any atom is 0.280 e. The van der Waals surface area contributed by atoms with Crippen LogP contribution in [0.15, 0.2) is 40.5 Å². The van der Waals surface area contributed by atoms with Gasteiger partial charge in [0.1, 0.15) is 11.0 Å². The quantitative estimate of drug-likeness (QED) is 0.456. The van der Waals surface area contributed by atoms with Gasteiger partial charge in [0.05, 0.1) is 36.0 Å². The molecule has 3 atom stereocenters. The van der Waals surface area contributed by atoms with Gasteiger partial charge in [0, 0.05) is 25.1 Å². The van der Waals surface area contributed by atoms with Crippen molar-refractivity contribution in [3.8, 4) is 0 Å². The Morgan fingerprint density at radius 1 is 1.38 bits per heavy atom. The van der Waals surface area contributed by atoms with Gasteiger partial charge in [-0.25, -0.2) is 13.5 Å². The topological polar surface area (TPSA) is 102 Å². The van der Waals surface area contributed by atoms with E-state index in [0.717, 1.165) is 30.4 Å². The van der Waals surface area contributed by atoms with Gasteiger partial charge in [0.25, 0.3) is 5.91 Å².